The van der Waals surface area contributed by atoms with Crippen LogP contribution >= 0.6 is 0 Å². The fourth-order valence-corrected chi connectivity index (χ4v) is 6.00. The normalized spacial score (nSPS) is 12.4. The zero-order valence-corrected chi connectivity index (χ0v) is 18.9. The number of rotatable bonds is 0. The van der Waals surface area contributed by atoms with E-state index in [1.807, 2.05) is 0 Å². The van der Waals surface area contributed by atoms with Crippen molar-refractivity contribution in [2.24, 2.45) is 0 Å². The molecule has 6 aromatic rings. The lowest BCUT2D eigenvalue weighted by Crippen LogP contribution is -1.89. The topological polar surface area (TPSA) is 0 Å². The van der Waals surface area contributed by atoms with Crippen LogP contribution in [0.15, 0.2) is 72.8 Å². The molecule has 0 aromatic heterocycles. The molecule has 0 N–H and O–H groups in total. The fourth-order valence-electron chi connectivity index (χ4n) is 6.00. The molecule has 0 heterocycles. The van der Waals surface area contributed by atoms with E-state index in [1.54, 1.807) is 0 Å². The summed E-state index contributed by atoms with van der Waals surface area (Å²) in [6.45, 7) is 8.91. The molecule has 0 aliphatic heterocycles. The number of benzene rings is 6. The number of aryl methyl sites for hydroxylation is 4. The molecule has 0 heteroatoms. The molecule has 0 bridgehead atoms. The van der Waals surface area contributed by atoms with Gasteiger partial charge in [-0.25, -0.2) is 0 Å². The van der Waals surface area contributed by atoms with E-state index in [2.05, 4.69) is 100 Å². The summed E-state index contributed by atoms with van der Waals surface area (Å²) < 4.78 is 0. The van der Waals surface area contributed by atoms with Crippen molar-refractivity contribution in [2.45, 2.75) is 27.7 Å². The van der Waals surface area contributed by atoms with Gasteiger partial charge in [0.2, 0.25) is 0 Å². The van der Waals surface area contributed by atoms with Crippen LogP contribution in [0.25, 0.3) is 65.3 Å². The van der Waals surface area contributed by atoms with Gasteiger partial charge in [0.05, 0.1) is 0 Å². The van der Waals surface area contributed by atoms with Gasteiger partial charge in [0.15, 0.2) is 0 Å². The van der Waals surface area contributed by atoms with E-state index in [0.717, 1.165) is 0 Å². The Balaban J connectivity index is 1.67. The van der Waals surface area contributed by atoms with E-state index < -0.39 is 0 Å². The van der Waals surface area contributed by atoms with Gasteiger partial charge in [-0.2, -0.15) is 0 Å². The number of hydrogen-bond acceptors (Lipinski definition) is 0. The minimum absolute atomic E-state index is 1.32. The molecule has 0 nitrogen and oxygen atoms in total. The molecule has 1 aliphatic rings. The molecule has 32 heavy (non-hydrogen) atoms. The fraction of sp³-hybridized carbons (Fsp3) is 0.125. The van der Waals surface area contributed by atoms with Crippen LogP contribution in [0.1, 0.15) is 22.3 Å². The van der Waals surface area contributed by atoms with Crippen LogP contribution in [-0.4, -0.2) is 0 Å². The highest BCUT2D eigenvalue weighted by atomic mass is 14.3. The lowest BCUT2D eigenvalue weighted by atomic mass is 9.89. The standard InChI is InChI=1S/C32H24/c1-17-8-10-22-25(12-17)19(3)14-28-27(22)13-20(4)26-15-29-23-7-5-6-21-18(2)9-11-24(32(21)23)30(29)16-31(26)28/h5-16H,1-4H3. The Bertz CT molecular complexity index is 1800. The maximum atomic E-state index is 2.46. The monoisotopic (exact) mass is 408 g/mol. The SMILES string of the molecule is Cc1ccc2c(c1)c(C)cc1c3cc4c(cc3c(C)cc21)-c1cccc2c(C)ccc-4c12. The first-order valence-corrected chi connectivity index (χ1v) is 11.5. The first kappa shape index (κ1) is 18.0. The number of hydrogen-bond donors (Lipinski definition) is 0. The van der Waals surface area contributed by atoms with E-state index in [-0.39, 0.29) is 0 Å². The predicted octanol–water partition coefficient (Wildman–Crippen LogP) is 9.18. The van der Waals surface area contributed by atoms with Gasteiger partial charge >= 0.3 is 0 Å². The van der Waals surface area contributed by atoms with Crippen molar-refractivity contribution in [3.8, 4) is 22.3 Å². The first-order chi connectivity index (χ1) is 15.5. The Kier molecular flexibility index (Phi) is 3.36. The van der Waals surface area contributed by atoms with Crippen LogP contribution in [0.4, 0.5) is 0 Å². The third kappa shape index (κ3) is 2.17. The van der Waals surface area contributed by atoms with E-state index in [9.17, 15) is 0 Å². The van der Waals surface area contributed by atoms with Gasteiger partial charge in [-0.05, 0) is 122 Å². The van der Waals surface area contributed by atoms with Crippen molar-refractivity contribution in [1.82, 2.24) is 0 Å². The molecule has 0 fully saturated rings. The average Bonchev–Trinajstić information content (AvgIpc) is 3.11. The molecule has 152 valence electrons. The Hall–Kier alpha value is -3.64. The highest BCUT2D eigenvalue weighted by Crippen LogP contribution is 2.50. The Morgan fingerprint density at radius 3 is 1.78 bits per heavy atom. The van der Waals surface area contributed by atoms with Gasteiger partial charge in [-0.1, -0.05) is 66.2 Å². The van der Waals surface area contributed by atoms with Crippen molar-refractivity contribution in [2.75, 3.05) is 0 Å². The van der Waals surface area contributed by atoms with Crippen molar-refractivity contribution >= 4 is 43.1 Å². The Morgan fingerprint density at radius 2 is 1.00 bits per heavy atom. The summed E-state index contributed by atoms with van der Waals surface area (Å²) in [6, 6.07) is 27.9. The molecule has 0 radical (unpaired) electrons. The largest absolute Gasteiger partial charge is 0.0610 e. The minimum atomic E-state index is 1.32. The van der Waals surface area contributed by atoms with Crippen LogP contribution in [0.5, 0.6) is 0 Å². The van der Waals surface area contributed by atoms with E-state index in [0.29, 0.717) is 0 Å². The van der Waals surface area contributed by atoms with Gasteiger partial charge in [-0.15, -0.1) is 0 Å². The van der Waals surface area contributed by atoms with E-state index in [1.165, 1.54) is 87.6 Å². The second-order valence-corrected chi connectivity index (χ2v) is 9.63. The number of fused-ring (bicyclic) bond motifs is 8. The quantitative estimate of drug-likeness (QED) is 0.219. The summed E-state index contributed by atoms with van der Waals surface area (Å²) in [5.41, 5.74) is 10.9. The lowest BCUT2D eigenvalue weighted by molar-refractivity contribution is 1.48. The molecule has 7 rings (SSSR count). The average molecular weight is 409 g/mol. The molecule has 0 saturated carbocycles. The van der Waals surface area contributed by atoms with E-state index in [4.69, 9.17) is 0 Å². The van der Waals surface area contributed by atoms with Crippen molar-refractivity contribution in [3.05, 3.63) is 95.1 Å². The maximum absolute atomic E-state index is 2.46. The lowest BCUT2D eigenvalue weighted by Gasteiger charge is -2.15. The molecule has 0 amide bonds. The minimum Gasteiger partial charge on any atom is -0.0610 e. The van der Waals surface area contributed by atoms with Crippen LogP contribution in [-0.2, 0) is 0 Å². The molecular weight excluding hydrogens is 384 g/mol. The van der Waals surface area contributed by atoms with Crippen LogP contribution in [0, 0.1) is 27.7 Å². The molecule has 0 unspecified atom stereocenters. The molecule has 6 aromatic carbocycles. The van der Waals surface area contributed by atoms with Crippen LogP contribution < -0.4 is 0 Å². The second-order valence-electron chi connectivity index (χ2n) is 9.63. The zero-order chi connectivity index (χ0) is 21.7. The smallest absolute Gasteiger partial charge is 0.00237 e. The second kappa shape index (κ2) is 5.99. The molecular formula is C32H24. The summed E-state index contributed by atoms with van der Waals surface area (Å²) in [4.78, 5) is 0. The van der Waals surface area contributed by atoms with Crippen LogP contribution in [0.2, 0.25) is 0 Å². The maximum Gasteiger partial charge on any atom is -0.00237 e. The predicted molar refractivity (Wildman–Crippen MR) is 140 cm³/mol. The summed E-state index contributed by atoms with van der Waals surface area (Å²) in [5.74, 6) is 0. The highest BCUT2D eigenvalue weighted by Gasteiger charge is 2.23. The van der Waals surface area contributed by atoms with Crippen molar-refractivity contribution in [3.63, 3.8) is 0 Å². The molecule has 1 aliphatic carbocycles. The first-order valence-electron chi connectivity index (χ1n) is 11.5. The van der Waals surface area contributed by atoms with Gasteiger partial charge < -0.3 is 0 Å². The van der Waals surface area contributed by atoms with Gasteiger partial charge in [0, 0.05) is 0 Å². The molecule has 0 saturated heterocycles. The Morgan fingerprint density at radius 1 is 0.375 bits per heavy atom. The molecule has 0 spiro atoms. The summed E-state index contributed by atoms with van der Waals surface area (Å²) >= 11 is 0. The highest BCUT2D eigenvalue weighted by molar-refractivity contribution is 6.23. The van der Waals surface area contributed by atoms with Gasteiger partial charge in [0.1, 0.15) is 0 Å². The van der Waals surface area contributed by atoms with Crippen LogP contribution in [0.3, 0.4) is 0 Å². The van der Waals surface area contributed by atoms with Crippen molar-refractivity contribution < 1.29 is 0 Å². The summed E-state index contributed by atoms with van der Waals surface area (Å²) in [6.07, 6.45) is 0. The Labute approximate surface area is 188 Å². The molecule has 0 atom stereocenters. The third-order valence-corrected chi connectivity index (χ3v) is 7.61. The summed E-state index contributed by atoms with van der Waals surface area (Å²) in [7, 11) is 0. The van der Waals surface area contributed by atoms with Gasteiger partial charge in [0.25, 0.3) is 0 Å². The van der Waals surface area contributed by atoms with Crippen molar-refractivity contribution in [1.29, 1.82) is 0 Å². The van der Waals surface area contributed by atoms with Gasteiger partial charge in [-0.3, -0.25) is 0 Å². The van der Waals surface area contributed by atoms with E-state index >= 15 is 0 Å². The zero-order valence-electron chi connectivity index (χ0n) is 18.9. The third-order valence-electron chi connectivity index (χ3n) is 7.61. The summed E-state index contributed by atoms with van der Waals surface area (Å²) in [5, 5.41) is 11.0.